The van der Waals surface area contributed by atoms with E-state index in [2.05, 4.69) is 10.2 Å². The first-order chi connectivity index (χ1) is 5.70. The minimum Gasteiger partial charge on any atom is -0.466 e. The fraction of sp³-hybridized carbons (Fsp3) is 0.429. The second kappa shape index (κ2) is 5.42. The minimum atomic E-state index is -0.280. The molecule has 0 saturated heterocycles. The van der Waals surface area contributed by atoms with Crippen molar-refractivity contribution in [3.8, 4) is 0 Å². The van der Waals surface area contributed by atoms with Gasteiger partial charge in [0.05, 0.1) is 12.8 Å². The van der Waals surface area contributed by atoms with E-state index in [-0.39, 0.29) is 18.4 Å². The number of anilines is 1. The predicted molar refractivity (Wildman–Crippen MR) is 50.6 cm³/mol. The Hall–Kier alpha value is -1.23. The van der Waals surface area contributed by atoms with E-state index in [1.807, 2.05) is 0 Å². The monoisotopic (exact) mass is 205 g/mol. The van der Waals surface area contributed by atoms with Gasteiger partial charge in [-0.1, -0.05) is 0 Å². The number of carbonyl (C=O) groups excluding carboxylic acids is 1. The number of H-pyrrole nitrogens is 1. The zero-order chi connectivity index (χ0) is 8.97. The minimum absolute atomic E-state index is 0. The molecule has 0 radical (unpaired) electrons. The lowest BCUT2D eigenvalue weighted by molar-refractivity contribution is -0.140. The van der Waals surface area contributed by atoms with Crippen molar-refractivity contribution in [3.63, 3.8) is 0 Å². The molecule has 0 amide bonds. The summed E-state index contributed by atoms with van der Waals surface area (Å²) in [5.41, 5.74) is 6.37. The van der Waals surface area contributed by atoms with Crippen molar-refractivity contribution < 1.29 is 9.53 Å². The van der Waals surface area contributed by atoms with Crippen molar-refractivity contribution >= 4 is 24.2 Å². The average molecular weight is 206 g/mol. The summed E-state index contributed by atoms with van der Waals surface area (Å²) < 4.78 is 4.73. The number of nitrogens with zero attached hydrogens (tertiary/aromatic N) is 1. The molecule has 1 rings (SSSR count). The Morgan fingerprint density at radius 3 is 2.92 bits per heavy atom. The number of nitrogens with two attached hydrogens (primary N) is 1. The van der Waals surface area contributed by atoms with Gasteiger partial charge in [0.15, 0.2) is 0 Å². The Morgan fingerprint density at radius 2 is 2.46 bits per heavy atom. The van der Waals surface area contributed by atoms with Gasteiger partial charge in [-0.3, -0.25) is 9.89 Å². The molecule has 3 N–H and O–H groups in total. The smallest absolute Gasteiger partial charge is 0.302 e. The second-order valence-electron chi connectivity index (χ2n) is 2.40. The summed E-state index contributed by atoms with van der Waals surface area (Å²) in [6, 6.07) is 0. The normalized spacial score (nSPS) is 9.00. The number of aromatic nitrogens is 2. The van der Waals surface area contributed by atoms with E-state index >= 15 is 0 Å². The molecule has 1 heterocycles. The van der Waals surface area contributed by atoms with Gasteiger partial charge in [0.1, 0.15) is 5.82 Å². The van der Waals surface area contributed by atoms with Crippen molar-refractivity contribution in [1.82, 2.24) is 10.2 Å². The maximum absolute atomic E-state index is 10.4. The number of nitrogen functional groups attached to an aromatic ring is 1. The van der Waals surface area contributed by atoms with Crippen molar-refractivity contribution in [2.75, 3.05) is 12.3 Å². The van der Waals surface area contributed by atoms with E-state index in [0.29, 0.717) is 18.8 Å². The summed E-state index contributed by atoms with van der Waals surface area (Å²) in [6.45, 7) is 1.72. The standard InChI is InChI=1S/C7H11N3O2.ClH/c1-5(11)12-3-2-6-4-9-10-7(6)8;/h4H,2-3H2,1H3,(H3,8,9,10);1H. The molecule has 0 atom stereocenters. The van der Waals surface area contributed by atoms with Gasteiger partial charge in [-0.25, -0.2) is 0 Å². The second-order valence-corrected chi connectivity index (χ2v) is 2.40. The highest BCUT2D eigenvalue weighted by atomic mass is 35.5. The number of hydrogen-bond donors (Lipinski definition) is 2. The highest BCUT2D eigenvalue weighted by molar-refractivity contribution is 5.85. The number of rotatable bonds is 3. The van der Waals surface area contributed by atoms with Gasteiger partial charge in [0, 0.05) is 18.9 Å². The third-order valence-corrected chi connectivity index (χ3v) is 1.43. The van der Waals surface area contributed by atoms with Gasteiger partial charge >= 0.3 is 5.97 Å². The summed E-state index contributed by atoms with van der Waals surface area (Å²) in [4.78, 5) is 10.4. The molecule has 0 saturated carbocycles. The molecule has 0 spiro atoms. The van der Waals surface area contributed by atoms with E-state index < -0.39 is 0 Å². The third-order valence-electron chi connectivity index (χ3n) is 1.43. The predicted octanol–water partition coefficient (Wildman–Crippen LogP) is 0.519. The van der Waals surface area contributed by atoms with Crippen molar-refractivity contribution in [2.24, 2.45) is 0 Å². The zero-order valence-electron chi connectivity index (χ0n) is 7.24. The third kappa shape index (κ3) is 3.80. The van der Waals surface area contributed by atoms with E-state index in [4.69, 9.17) is 10.5 Å². The molecule has 1 aromatic heterocycles. The van der Waals surface area contributed by atoms with E-state index in [9.17, 15) is 4.79 Å². The molecule has 0 bridgehead atoms. The van der Waals surface area contributed by atoms with Gasteiger partial charge in [-0.15, -0.1) is 12.4 Å². The molecule has 0 aliphatic carbocycles. The summed E-state index contributed by atoms with van der Waals surface area (Å²) in [7, 11) is 0. The molecule has 0 fully saturated rings. The lowest BCUT2D eigenvalue weighted by Gasteiger charge is -1.99. The van der Waals surface area contributed by atoms with Gasteiger partial charge in [-0.2, -0.15) is 5.10 Å². The maximum Gasteiger partial charge on any atom is 0.302 e. The molecule has 0 unspecified atom stereocenters. The Morgan fingerprint density at radius 1 is 1.77 bits per heavy atom. The first kappa shape index (κ1) is 11.8. The summed E-state index contributed by atoms with van der Waals surface area (Å²) in [6.07, 6.45) is 2.22. The number of aromatic amines is 1. The molecule has 74 valence electrons. The quantitative estimate of drug-likeness (QED) is 0.705. The highest BCUT2D eigenvalue weighted by Crippen LogP contribution is 2.06. The molecular formula is C7H12ClN3O2. The molecule has 6 heteroatoms. The number of carbonyl (C=O) groups is 1. The fourth-order valence-corrected chi connectivity index (χ4v) is 0.825. The van der Waals surface area contributed by atoms with Crippen molar-refractivity contribution in [3.05, 3.63) is 11.8 Å². The van der Waals surface area contributed by atoms with Crippen LogP contribution in [0.25, 0.3) is 0 Å². The van der Waals surface area contributed by atoms with Crippen molar-refractivity contribution in [1.29, 1.82) is 0 Å². The van der Waals surface area contributed by atoms with Crippen LogP contribution in [0.5, 0.6) is 0 Å². The van der Waals surface area contributed by atoms with Crippen LogP contribution in [0.2, 0.25) is 0 Å². The van der Waals surface area contributed by atoms with Gasteiger partial charge in [0.2, 0.25) is 0 Å². The van der Waals surface area contributed by atoms with Crippen LogP contribution in [0.1, 0.15) is 12.5 Å². The molecule has 0 aromatic carbocycles. The maximum atomic E-state index is 10.4. The summed E-state index contributed by atoms with van der Waals surface area (Å²) in [5, 5.41) is 6.32. The first-order valence-corrected chi connectivity index (χ1v) is 3.61. The van der Waals surface area contributed by atoms with E-state index in [1.54, 1.807) is 6.20 Å². The van der Waals surface area contributed by atoms with Crippen molar-refractivity contribution in [2.45, 2.75) is 13.3 Å². The van der Waals surface area contributed by atoms with Gasteiger partial charge in [-0.05, 0) is 0 Å². The molecule has 13 heavy (non-hydrogen) atoms. The van der Waals surface area contributed by atoms with Crippen LogP contribution in [0.15, 0.2) is 6.20 Å². The van der Waals surface area contributed by atoms with Crippen LogP contribution in [0.4, 0.5) is 5.82 Å². The van der Waals surface area contributed by atoms with Crippen LogP contribution in [0, 0.1) is 0 Å². The average Bonchev–Trinajstić information content (AvgIpc) is 2.36. The van der Waals surface area contributed by atoms with Gasteiger partial charge < -0.3 is 10.5 Å². The molecule has 0 aliphatic rings. The largest absolute Gasteiger partial charge is 0.466 e. The Bertz CT molecular complexity index is 274. The lowest BCUT2D eigenvalue weighted by Crippen LogP contribution is -2.04. The van der Waals surface area contributed by atoms with E-state index in [0.717, 1.165) is 5.56 Å². The lowest BCUT2D eigenvalue weighted by atomic mass is 10.2. The van der Waals surface area contributed by atoms with E-state index in [1.165, 1.54) is 6.92 Å². The van der Waals surface area contributed by atoms with Crippen LogP contribution < -0.4 is 5.73 Å². The Kier molecular flexibility index (Phi) is 4.91. The SMILES string of the molecule is CC(=O)OCCc1cn[nH]c1N.Cl. The molecule has 1 aromatic rings. The Balaban J connectivity index is 0.00000144. The molecule has 5 nitrogen and oxygen atoms in total. The summed E-state index contributed by atoms with van der Waals surface area (Å²) in [5.74, 6) is 0.249. The molecular weight excluding hydrogens is 194 g/mol. The molecule has 0 aliphatic heterocycles. The first-order valence-electron chi connectivity index (χ1n) is 3.61. The number of hydrogen-bond acceptors (Lipinski definition) is 4. The highest BCUT2D eigenvalue weighted by Gasteiger charge is 2.01. The number of ether oxygens (including phenoxy) is 1. The summed E-state index contributed by atoms with van der Waals surface area (Å²) >= 11 is 0. The topological polar surface area (TPSA) is 81.0 Å². The van der Waals surface area contributed by atoms with Gasteiger partial charge in [0.25, 0.3) is 0 Å². The fourth-order valence-electron chi connectivity index (χ4n) is 0.825. The van der Waals surface area contributed by atoms with Crippen LogP contribution in [-0.4, -0.2) is 22.8 Å². The Labute approximate surface area is 82.1 Å². The number of esters is 1. The number of nitrogens with one attached hydrogen (secondary N) is 1. The zero-order valence-corrected chi connectivity index (χ0v) is 8.06. The van der Waals surface area contributed by atoms with Crippen LogP contribution in [0.3, 0.4) is 0 Å². The number of halogens is 1. The van der Waals surface area contributed by atoms with Crippen LogP contribution in [-0.2, 0) is 16.0 Å². The van der Waals surface area contributed by atoms with Crippen LogP contribution >= 0.6 is 12.4 Å².